The van der Waals surface area contributed by atoms with Gasteiger partial charge in [-0.15, -0.1) is 9.24 Å². The van der Waals surface area contributed by atoms with Crippen LogP contribution in [0.3, 0.4) is 0 Å². The van der Waals surface area contributed by atoms with E-state index in [1.807, 2.05) is 0 Å². The molecular formula is C8H11ClPPd. The van der Waals surface area contributed by atoms with E-state index in [1.165, 1.54) is 10.9 Å². The molecule has 1 rings (SSSR count). The predicted molar refractivity (Wildman–Crippen MR) is 51.2 cm³/mol. The van der Waals surface area contributed by atoms with Crippen LogP contribution in [-0.2, 0) is 19.2 Å². The molecule has 0 N–H and O–H groups in total. The fraction of sp³-hybridized carbons (Fsp3) is 0.250. The van der Waals surface area contributed by atoms with Crippen molar-refractivity contribution in [3.63, 3.8) is 0 Å². The summed E-state index contributed by atoms with van der Waals surface area (Å²) in [5.41, 5.74) is 1.32. The van der Waals surface area contributed by atoms with Crippen molar-refractivity contribution in [2.24, 2.45) is 0 Å². The van der Waals surface area contributed by atoms with Crippen LogP contribution < -0.4 is 5.30 Å². The van der Waals surface area contributed by atoms with Crippen LogP contribution in [0.4, 0.5) is 0 Å². The van der Waals surface area contributed by atoms with Crippen molar-refractivity contribution in [3.05, 3.63) is 29.8 Å². The van der Waals surface area contributed by atoms with E-state index in [-0.39, 0.29) is 0 Å². The number of alkyl halides is 1. The average molecular weight is 280 g/mol. The third-order valence-corrected chi connectivity index (χ3v) is 1.40. The molecular weight excluding hydrogens is 269 g/mol. The van der Waals surface area contributed by atoms with Crippen LogP contribution in [0.25, 0.3) is 0 Å². The van der Waals surface area contributed by atoms with E-state index in [4.69, 9.17) is 11.6 Å². The summed E-state index contributed by atoms with van der Waals surface area (Å²) in [4.78, 5) is 0. The van der Waals surface area contributed by atoms with Crippen molar-refractivity contribution in [1.29, 1.82) is 0 Å². The molecule has 0 aliphatic carbocycles. The molecule has 3 heteroatoms. The van der Waals surface area contributed by atoms with Gasteiger partial charge in [0.1, 0.15) is 0 Å². The van der Waals surface area contributed by atoms with Gasteiger partial charge in [0, 0.05) is 0 Å². The number of rotatable bonds is 0. The summed E-state index contributed by atoms with van der Waals surface area (Å²) < 4.78 is 0.572. The van der Waals surface area contributed by atoms with Crippen LogP contribution in [0.2, 0.25) is 0 Å². The van der Waals surface area contributed by atoms with Gasteiger partial charge in [0.05, 0.1) is 0 Å². The number of hydrogen-bond donors (Lipinski definition) is 0. The first-order valence-electron chi connectivity index (χ1n) is 3.10. The van der Waals surface area contributed by atoms with Crippen molar-refractivity contribution in [1.82, 2.24) is 0 Å². The van der Waals surface area contributed by atoms with Crippen molar-refractivity contribution in [3.8, 4) is 0 Å². The van der Waals surface area contributed by atoms with E-state index < -0.39 is 0 Å². The maximum atomic E-state index is 4.93. The van der Waals surface area contributed by atoms with Crippen LogP contribution in [0.1, 0.15) is 5.56 Å². The molecule has 0 saturated heterocycles. The fourth-order valence-corrected chi connectivity index (χ4v) is 1.04. The molecule has 11 heavy (non-hydrogen) atoms. The van der Waals surface area contributed by atoms with Gasteiger partial charge in [0.2, 0.25) is 0 Å². The van der Waals surface area contributed by atoms with E-state index in [2.05, 4.69) is 59.6 Å². The summed E-state index contributed by atoms with van der Waals surface area (Å²) in [6.07, 6.45) is 0. The first-order chi connectivity index (χ1) is 5.20. The molecule has 0 aromatic heterocycles. The number of halogens is 1. The first kappa shape index (κ1) is 11.6. The monoisotopic (exact) mass is 279 g/mol. The molecule has 0 nitrogen and oxygen atoms in total. The van der Waals surface area contributed by atoms with Crippen LogP contribution in [0.15, 0.2) is 24.3 Å². The molecule has 0 bridgehead atoms. The number of benzene rings is 1. The Labute approximate surface area is 86.3 Å². The Morgan fingerprint density at radius 3 is 2.36 bits per heavy atom. The van der Waals surface area contributed by atoms with Crippen LogP contribution in [0, 0.1) is 6.92 Å². The molecule has 0 amide bonds. The third kappa shape index (κ3) is 6.98. The molecule has 65 valence electrons. The summed E-state index contributed by atoms with van der Waals surface area (Å²) >= 11 is 7.64. The van der Waals surface area contributed by atoms with Gasteiger partial charge in [-0.25, -0.2) is 0 Å². The second-order valence-electron chi connectivity index (χ2n) is 2.00. The van der Waals surface area contributed by atoms with E-state index in [0.717, 1.165) is 0 Å². The predicted octanol–water partition coefficient (Wildman–Crippen LogP) is 2.22. The second-order valence-corrected chi connectivity index (χ2v) is 4.08. The molecule has 1 atom stereocenters. The van der Waals surface area contributed by atoms with E-state index in [1.54, 1.807) is 0 Å². The van der Waals surface area contributed by atoms with Gasteiger partial charge >= 0.3 is 35.2 Å². The number of hydrogen-bond acceptors (Lipinski definition) is 0. The van der Waals surface area contributed by atoms with Gasteiger partial charge < -0.3 is 0 Å². The van der Waals surface area contributed by atoms with Gasteiger partial charge in [-0.1, -0.05) is 29.8 Å². The molecule has 1 aromatic carbocycles. The average Bonchev–Trinajstić information content (AvgIpc) is 1.88. The number of aryl methyl sites for hydroxylation is 1. The van der Waals surface area contributed by atoms with Crippen LogP contribution in [-0.4, -0.2) is 4.35 Å². The molecule has 0 aliphatic heterocycles. The quantitative estimate of drug-likeness (QED) is 0.388. The maximum absolute atomic E-state index is 4.93. The Hall–Kier alpha value is 0.602. The Morgan fingerprint density at radius 2 is 2.09 bits per heavy atom. The Bertz CT molecular complexity index is 186. The second kappa shape index (κ2) is 7.26. The topological polar surface area (TPSA) is 0 Å². The minimum atomic E-state index is 0.572. The molecule has 1 unspecified atom stereocenters. The Balaban J connectivity index is 0.000000292. The summed E-state index contributed by atoms with van der Waals surface area (Å²) in [7, 11) is 2.66. The van der Waals surface area contributed by atoms with Gasteiger partial charge in [-0.05, 0) is 12.2 Å². The third-order valence-electron chi connectivity index (χ3n) is 1.04. The molecule has 0 heterocycles. The minimum absolute atomic E-state index is 0.572. The summed E-state index contributed by atoms with van der Waals surface area (Å²) in [5.74, 6) is 0. The van der Waals surface area contributed by atoms with Crippen molar-refractivity contribution >= 4 is 26.1 Å². The van der Waals surface area contributed by atoms with Gasteiger partial charge in [0.25, 0.3) is 0 Å². The van der Waals surface area contributed by atoms with E-state index in [0.29, 0.717) is 4.35 Å². The van der Waals surface area contributed by atoms with E-state index >= 15 is 0 Å². The Kier molecular flexibility index (Phi) is 7.66. The van der Waals surface area contributed by atoms with Crippen molar-refractivity contribution < 1.29 is 19.2 Å². The fourth-order valence-electron chi connectivity index (χ4n) is 0.670. The van der Waals surface area contributed by atoms with Crippen molar-refractivity contribution in [2.45, 2.75) is 6.92 Å². The molecule has 0 saturated carbocycles. The Morgan fingerprint density at radius 1 is 1.55 bits per heavy atom. The molecule has 0 fully saturated rings. The van der Waals surface area contributed by atoms with Gasteiger partial charge in [-0.3, -0.25) is 0 Å². The molecule has 0 radical (unpaired) electrons. The van der Waals surface area contributed by atoms with Crippen LogP contribution >= 0.6 is 20.8 Å². The SMILES string of the molecule is Cc1cccc(P)c1.Cl[CH2][Pd]. The molecule has 1 aromatic rings. The van der Waals surface area contributed by atoms with Gasteiger partial charge in [0.15, 0.2) is 0 Å². The zero-order valence-corrected chi connectivity index (χ0v) is 9.75. The summed E-state index contributed by atoms with van der Waals surface area (Å²) in [5, 5.41) is 1.25. The standard InChI is InChI=1S/C7H9P.CH2Cl.Pd/c1-6-3-2-4-7(8)5-6;1-2;/h2-5H,8H2,1H3;1H2;. The van der Waals surface area contributed by atoms with Crippen LogP contribution in [0.5, 0.6) is 0 Å². The summed E-state index contributed by atoms with van der Waals surface area (Å²) in [6, 6.07) is 8.34. The molecule has 0 aliphatic rings. The van der Waals surface area contributed by atoms with Gasteiger partial charge in [-0.2, -0.15) is 0 Å². The van der Waals surface area contributed by atoms with Crippen molar-refractivity contribution in [2.75, 3.05) is 4.35 Å². The zero-order valence-electron chi connectivity index (χ0n) is 6.29. The summed E-state index contributed by atoms with van der Waals surface area (Å²) in [6.45, 7) is 2.09. The zero-order chi connectivity index (χ0) is 8.69. The molecule has 0 spiro atoms. The normalized spacial score (nSPS) is 8.45. The van der Waals surface area contributed by atoms with E-state index in [9.17, 15) is 0 Å². The first-order valence-corrected chi connectivity index (χ1v) is 5.31.